The fourth-order valence-electron chi connectivity index (χ4n) is 3.52. The molecule has 0 saturated heterocycles. The molecule has 2 heterocycles. The third-order valence-corrected chi connectivity index (χ3v) is 4.93. The Morgan fingerprint density at radius 1 is 1.04 bits per heavy atom. The second-order valence-corrected chi connectivity index (χ2v) is 6.70. The van der Waals surface area contributed by atoms with Crippen LogP contribution in [0.3, 0.4) is 0 Å². The summed E-state index contributed by atoms with van der Waals surface area (Å²) < 4.78 is 0. The van der Waals surface area contributed by atoms with Gasteiger partial charge in [-0.3, -0.25) is 14.9 Å². The molecule has 0 unspecified atom stereocenters. The van der Waals surface area contributed by atoms with Crippen molar-refractivity contribution in [3.05, 3.63) is 82.9 Å². The van der Waals surface area contributed by atoms with Crippen molar-refractivity contribution in [2.24, 2.45) is 0 Å². The number of benzene rings is 1. The molecule has 4 rings (SSSR count). The molecule has 132 valence electrons. The van der Waals surface area contributed by atoms with Gasteiger partial charge in [0.2, 0.25) is 0 Å². The van der Waals surface area contributed by atoms with Gasteiger partial charge in [0.1, 0.15) is 0 Å². The molecule has 2 aromatic heterocycles. The lowest BCUT2D eigenvalue weighted by atomic mass is 10.1. The maximum atomic E-state index is 13.2. The van der Waals surface area contributed by atoms with E-state index in [1.807, 2.05) is 35.2 Å². The summed E-state index contributed by atoms with van der Waals surface area (Å²) in [7, 11) is 0. The van der Waals surface area contributed by atoms with Crippen LogP contribution in [0.2, 0.25) is 0 Å². The van der Waals surface area contributed by atoms with Crippen LogP contribution in [0.25, 0.3) is 0 Å². The van der Waals surface area contributed by atoms with Gasteiger partial charge in [0.15, 0.2) is 5.69 Å². The number of carbonyl (C=O) groups excluding carboxylic acids is 1. The van der Waals surface area contributed by atoms with Gasteiger partial charge in [0, 0.05) is 36.7 Å². The van der Waals surface area contributed by atoms with Crippen molar-refractivity contribution >= 4 is 5.91 Å². The fraction of sp³-hybridized carbons (Fsp3) is 0.286. The SMILES string of the molecule is O=C(c1n[nH]c2c1CCC2)N(CCc1ccccc1)Cc1ccncc1. The standard InChI is InChI=1S/C21H22N4O/c26-21(20-18-7-4-8-19(18)23-24-20)25(15-17-9-12-22-13-10-17)14-11-16-5-2-1-3-6-16/h1-3,5-6,9-10,12-13H,4,7-8,11,14-15H2,(H,23,24). The van der Waals surface area contributed by atoms with Gasteiger partial charge >= 0.3 is 0 Å². The van der Waals surface area contributed by atoms with Crippen LogP contribution in [0.1, 0.15) is 39.3 Å². The second-order valence-electron chi connectivity index (χ2n) is 6.70. The highest BCUT2D eigenvalue weighted by molar-refractivity contribution is 5.94. The minimum absolute atomic E-state index is 0.0112. The van der Waals surface area contributed by atoms with Crippen LogP contribution < -0.4 is 0 Å². The van der Waals surface area contributed by atoms with Gasteiger partial charge in [-0.25, -0.2) is 0 Å². The van der Waals surface area contributed by atoms with Crippen molar-refractivity contribution in [3.8, 4) is 0 Å². The van der Waals surface area contributed by atoms with Crippen LogP contribution in [0.15, 0.2) is 54.9 Å². The molecular weight excluding hydrogens is 324 g/mol. The molecular formula is C21H22N4O. The third-order valence-electron chi connectivity index (χ3n) is 4.93. The first-order chi connectivity index (χ1) is 12.8. The predicted molar refractivity (Wildman–Crippen MR) is 99.7 cm³/mol. The van der Waals surface area contributed by atoms with E-state index in [4.69, 9.17) is 0 Å². The largest absolute Gasteiger partial charge is 0.333 e. The lowest BCUT2D eigenvalue weighted by Crippen LogP contribution is -2.33. The van der Waals surface area contributed by atoms with Crippen molar-refractivity contribution in [1.82, 2.24) is 20.1 Å². The molecule has 1 aliphatic carbocycles. The van der Waals surface area contributed by atoms with Gasteiger partial charge in [-0.15, -0.1) is 0 Å². The Balaban J connectivity index is 1.55. The van der Waals surface area contributed by atoms with E-state index in [1.165, 1.54) is 5.56 Å². The van der Waals surface area contributed by atoms with E-state index in [0.717, 1.165) is 42.5 Å². The number of pyridine rings is 1. The molecule has 1 aliphatic rings. The minimum Gasteiger partial charge on any atom is -0.333 e. The summed E-state index contributed by atoms with van der Waals surface area (Å²) in [6, 6.07) is 14.2. The van der Waals surface area contributed by atoms with Gasteiger partial charge in [-0.05, 0) is 48.9 Å². The molecule has 3 aromatic rings. The zero-order valence-electron chi connectivity index (χ0n) is 14.7. The number of fused-ring (bicyclic) bond motifs is 1. The number of aromatic amines is 1. The molecule has 5 heteroatoms. The maximum Gasteiger partial charge on any atom is 0.274 e. The summed E-state index contributed by atoms with van der Waals surface area (Å²) in [5.41, 5.74) is 5.13. The van der Waals surface area contributed by atoms with Crippen LogP contribution in [0.4, 0.5) is 0 Å². The van der Waals surface area contributed by atoms with Crippen molar-refractivity contribution < 1.29 is 4.79 Å². The van der Waals surface area contributed by atoms with Gasteiger partial charge in [0.25, 0.3) is 5.91 Å². The summed E-state index contributed by atoms with van der Waals surface area (Å²) in [6.07, 6.45) is 7.38. The number of aryl methyl sites for hydroxylation is 1. The Hall–Kier alpha value is -2.95. The van der Waals surface area contributed by atoms with Gasteiger partial charge < -0.3 is 4.90 Å². The molecule has 0 bridgehead atoms. The molecule has 0 atom stereocenters. The molecule has 0 spiro atoms. The first kappa shape index (κ1) is 16.5. The number of H-pyrrole nitrogens is 1. The molecule has 1 aromatic carbocycles. The van der Waals surface area contributed by atoms with Gasteiger partial charge in [-0.2, -0.15) is 5.10 Å². The summed E-state index contributed by atoms with van der Waals surface area (Å²) in [4.78, 5) is 19.2. The zero-order valence-corrected chi connectivity index (χ0v) is 14.7. The van der Waals surface area contributed by atoms with Crippen molar-refractivity contribution in [2.45, 2.75) is 32.2 Å². The number of nitrogens with zero attached hydrogens (tertiary/aromatic N) is 3. The van der Waals surface area contributed by atoms with E-state index in [-0.39, 0.29) is 5.91 Å². The summed E-state index contributed by atoms with van der Waals surface area (Å²) in [6.45, 7) is 1.22. The molecule has 0 aliphatic heterocycles. The highest BCUT2D eigenvalue weighted by atomic mass is 16.2. The Morgan fingerprint density at radius 3 is 2.65 bits per heavy atom. The normalized spacial score (nSPS) is 12.8. The average Bonchev–Trinajstić information content (AvgIpc) is 3.30. The van der Waals surface area contributed by atoms with E-state index in [0.29, 0.717) is 18.8 Å². The van der Waals surface area contributed by atoms with E-state index in [9.17, 15) is 4.79 Å². The fourth-order valence-corrected chi connectivity index (χ4v) is 3.52. The van der Waals surface area contributed by atoms with Crippen LogP contribution in [0, 0.1) is 0 Å². The predicted octanol–water partition coefficient (Wildman–Crippen LogP) is 3.18. The highest BCUT2D eigenvalue weighted by Gasteiger charge is 2.26. The van der Waals surface area contributed by atoms with Crippen LogP contribution in [0.5, 0.6) is 0 Å². The monoisotopic (exact) mass is 346 g/mol. The van der Waals surface area contributed by atoms with E-state index >= 15 is 0 Å². The topological polar surface area (TPSA) is 61.9 Å². The Labute approximate surface area is 153 Å². The van der Waals surface area contributed by atoms with Crippen LogP contribution in [-0.4, -0.2) is 32.5 Å². The average molecular weight is 346 g/mol. The van der Waals surface area contributed by atoms with Crippen molar-refractivity contribution in [3.63, 3.8) is 0 Å². The molecule has 0 radical (unpaired) electrons. The maximum absolute atomic E-state index is 13.2. The molecule has 1 N–H and O–H groups in total. The Kier molecular flexibility index (Phi) is 4.78. The summed E-state index contributed by atoms with van der Waals surface area (Å²) in [5, 5.41) is 7.38. The van der Waals surface area contributed by atoms with Gasteiger partial charge in [0.05, 0.1) is 0 Å². The Bertz CT molecular complexity index is 874. The third kappa shape index (κ3) is 3.52. The molecule has 1 amide bonds. The lowest BCUT2D eigenvalue weighted by molar-refractivity contribution is 0.0738. The van der Waals surface area contributed by atoms with Crippen LogP contribution in [-0.2, 0) is 25.8 Å². The van der Waals surface area contributed by atoms with Crippen molar-refractivity contribution in [2.75, 3.05) is 6.54 Å². The summed E-state index contributed by atoms with van der Waals surface area (Å²) >= 11 is 0. The molecule has 0 fully saturated rings. The number of hydrogen-bond donors (Lipinski definition) is 1. The first-order valence-corrected chi connectivity index (χ1v) is 9.09. The Morgan fingerprint density at radius 2 is 1.85 bits per heavy atom. The molecule has 0 saturated carbocycles. The number of hydrogen-bond acceptors (Lipinski definition) is 3. The smallest absolute Gasteiger partial charge is 0.274 e. The lowest BCUT2D eigenvalue weighted by Gasteiger charge is -2.22. The highest BCUT2D eigenvalue weighted by Crippen LogP contribution is 2.24. The number of nitrogens with one attached hydrogen (secondary N) is 1. The molecule has 26 heavy (non-hydrogen) atoms. The van der Waals surface area contributed by atoms with Crippen LogP contribution >= 0.6 is 0 Å². The van der Waals surface area contributed by atoms with E-state index in [2.05, 4.69) is 27.3 Å². The van der Waals surface area contributed by atoms with E-state index in [1.54, 1.807) is 12.4 Å². The number of carbonyl (C=O) groups is 1. The summed E-state index contributed by atoms with van der Waals surface area (Å²) in [5.74, 6) is 0.0112. The minimum atomic E-state index is 0.0112. The zero-order chi connectivity index (χ0) is 17.8. The quantitative estimate of drug-likeness (QED) is 0.746. The number of rotatable bonds is 6. The van der Waals surface area contributed by atoms with Crippen molar-refractivity contribution in [1.29, 1.82) is 0 Å². The second kappa shape index (κ2) is 7.52. The first-order valence-electron chi connectivity index (χ1n) is 9.09. The van der Waals surface area contributed by atoms with Gasteiger partial charge in [-0.1, -0.05) is 30.3 Å². The molecule has 5 nitrogen and oxygen atoms in total. The number of amides is 1. The number of aromatic nitrogens is 3. The van der Waals surface area contributed by atoms with E-state index < -0.39 is 0 Å².